The van der Waals surface area contributed by atoms with E-state index in [0.717, 1.165) is 0 Å². The summed E-state index contributed by atoms with van der Waals surface area (Å²) in [6, 6.07) is 7.69. The summed E-state index contributed by atoms with van der Waals surface area (Å²) in [5.74, 6) is -0.128. The van der Waals surface area contributed by atoms with Crippen LogP contribution in [0.1, 0.15) is 0 Å². The first-order valence-electron chi connectivity index (χ1n) is 5.37. The number of nitrogens with two attached hydrogens (primary N) is 1. The number of hydrogen-bond donors (Lipinski definition) is 2. The Bertz CT molecular complexity index is 620. The summed E-state index contributed by atoms with van der Waals surface area (Å²) in [7, 11) is 1.46. The molecule has 0 bridgehead atoms. The SMILES string of the molecule is COc1cc(Nc2cccc(Cl)c2Cl)c(F)cc1N. The second-order valence-electron chi connectivity index (χ2n) is 3.80. The number of nitrogen functional groups attached to an aromatic ring is 1. The molecule has 0 atom stereocenters. The van der Waals surface area contributed by atoms with Crippen LogP contribution in [0.15, 0.2) is 30.3 Å². The Morgan fingerprint density at radius 3 is 2.63 bits per heavy atom. The molecule has 6 heteroatoms. The fourth-order valence-corrected chi connectivity index (χ4v) is 1.93. The highest BCUT2D eigenvalue weighted by atomic mass is 35.5. The van der Waals surface area contributed by atoms with Gasteiger partial charge in [-0.25, -0.2) is 4.39 Å². The molecule has 0 aliphatic carbocycles. The van der Waals surface area contributed by atoms with Gasteiger partial charge in [-0.15, -0.1) is 0 Å². The number of nitrogens with one attached hydrogen (secondary N) is 1. The summed E-state index contributed by atoms with van der Waals surface area (Å²) in [6.45, 7) is 0. The number of rotatable bonds is 3. The van der Waals surface area contributed by atoms with Crippen molar-refractivity contribution in [2.24, 2.45) is 0 Å². The van der Waals surface area contributed by atoms with Crippen molar-refractivity contribution in [1.29, 1.82) is 0 Å². The third-order valence-corrected chi connectivity index (χ3v) is 3.36. The number of methoxy groups -OCH3 is 1. The van der Waals surface area contributed by atoms with E-state index in [1.807, 2.05) is 0 Å². The second kappa shape index (κ2) is 5.55. The molecule has 0 aliphatic heterocycles. The molecule has 0 saturated heterocycles. The zero-order valence-electron chi connectivity index (χ0n) is 10.0. The molecule has 0 aromatic heterocycles. The number of benzene rings is 2. The molecule has 0 amide bonds. The van der Waals surface area contributed by atoms with Crippen LogP contribution in [0.2, 0.25) is 10.0 Å². The van der Waals surface area contributed by atoms with Gasteiger partial charge in [0.25, 0.3) is 0 Å². The first kappa shape index (κ1) is 13.8. The van der Waals surface area contributed by atoms with E-state index in [1.54, 1.807) is 18.2 Å². The van der Waals surface area contributed by atoms with Crippen LogP contribution in [0.3, 0.4) is 0 Å². The first-order chi connectivity index (χ1) is 9.02. The van der Waals surface area contributed by atoms with E-state index in [0.29, 0.717) is 21.5 Å². The van der Waals surface area contributed by atoms with Gasteiger partial charge in [0.15, 0.2) is 0 Å². The van der Waals surface area contributed by atoms with Gasteiger partial charge in [-0.2, -0.15) is 0 Å². The summed E-state index contributed by atoms with van der Waals surface area (Å²) < 4.78 is 18.9. The fourth-order valence-electron chi connectivity index (χ4n) is 1.59. The molecule has 3 N–H and O–H groups in total. The summed E-state index contributed by atoms with van der Waals surface area (Å²) in [5.41, 5.74) is 6.54. The van der Waals surface area contributed by atoms with Gasteiger partial charge in [0.2, 0.25) is 0 Å². The second-order valence-corrected chi connectivity index (χ2v) is 4.59. The van der Waals surface area contributed by atoms with Crippen LogP contribution in [0, 0.1) is 5.82 Å². The molecule has 0 spiro atoms. The summed E-state index contributed by atoms with van der Waals surface area (Å²) in [5, 5.41) is 3.56. The van der Waals surface area contributed by atoms with Crippen molar-refractivity contribution in [2.45, 2.75) is 0 Å². The van der Waals surface area contributed by atoms with Gasteiger partial charge in [-0.05, 0) is 12.1 Å². The summed E-state index contributed by atoms with van der Waals surface area (Å²) in [4.78, 5) is 0. The average molecular weight is 301 g/mol. The quantitative estimate of drug-likeness (QED) is 0.822. The van der Waals surface area contributed by atoms with Crippen LogP contribution in [0.25, 0.3) is 0 Å². The Kier molecular flexibility index (Phi) is 4.02. The molecule has 0 heterocycles. The average Bonchev–Trinajstić information content (AvgIpc) is 2.38. The van der Waals surface area contributed by atoms with Crippen molar-refractivity contribution in [3.63, 3.8) is 0 Å². The van der Waals surface area contributed by atoms with E-state index in [9.17, 15) is 4.39 Å². The monoisotopic (exact) mass is 300 g/mol. The topological polar surface area (TPSA) is 47.3 Å². The normalized spacial score (nSPS) is 10.3. The summed E-state index contributed by atoms with van der Waals surface area (Å²) in [6.07, 6.45) is 0. The maximum Gasteiger partial charge on any atom is 0.148 e. The molecule has 100 valence electrons. The lowest BCUT2D eigenvalue weighted by molar-refractivity contribution is 0.416. The van der Waals surface area contributed by atoms with Crippen molar-refractivity contribution >= 4 is 40.3 Å². The molecule has 2 aromatic rings. The molecule has 2 rings (SSSR count). The Balaban J connectivity index is 2.41. The Morgan fingerprint density at radius 1 is 1.21 bits per heavy atom. The largest absolute Gasteiger partial charge is 0.495 e. The fraction of sp³-hybridized carbons (Fsp3) is 0.0769. The molecule has 2 aromatic carbocycles. The Labute approximate surface area is 120 Å². The maximum atomic E-state index is 13.8. The van der Waals surface area contributed by atoms with Crippen molar-refractivity contribution in [3.05, 3.63) is 46.2 Å². The zero-order chi connectivity index (χ0) is 14.0. The van der Waals surface area contributed by atoms with E-state index in [4.69, 9.17) is 33.7 Å². The Hall–Kier alpha value is -1.65. The molecule has 0 fully saturated rings. The lowest BCUT2D eigenvalue weighted by Crippen LogP contribution is -1.99. The van der Waals surface area contributed by atoms with E-state index in [2.05, 4.69) is 5.32 Å². The molecule has 3 nitrogen and oxygen atoms in total. The standard InChI is InChI=1S/C13H11Cl2FN2O/c1-19-12-6-11(8(16)5-9(12)17)18-10-4-2-3-7(14)13(10)15/h2-6,18H,17H2,1H3. The van der Waals surface area contributed by atoms with Crippen LogP contribution >= 0.6 is 23.2 Å². The highest BCUT2D eigenvalue weighted by Gasteiger charge is 2.11. The highest BCUT2D eigenvalue weighted by molar-refractivity contribution is 6.43. The van der Waals surface area contributed by atoms with Crippen LogP contribution in [-0.4, -0.2) is 7.11 Å². The van der Waals surface area contributed by atoms with Crippen molar-refractivity contribution in [1.82, 2.24) is 0 Å². The van der Waals surface area contributed by atoms with Crippen molar-refractivity contribution in [3.8, 4) is 5.75 Å². The van der Waals surface area contributed by atoms with Gasteiger partial charge < -0.3 is 15.8 Å². The smallest absolute Gasteiger partial charge is 0.148 e. The van der Waals surface area contributed by atoms with Crippen molar-refractivity contribution < 1.29 is 9.13 Å². The van der Waals surface area contributed by atoms with Gasteiger partial charge >= 0.3 is 0 Å². The van der Waals surface area contributed by atoms with E-state index >= 15 is 0 Å². The van der Waals surface area contributed by atoms with E-state index < -0.39 is 5.82 Å². The third-order valence-electron chi connectivity index (χ3n) is 2.54. The lowest BCUT2D eigenvalue weighted by Gasteiger charge is -2.12. The molecule has 0 unspecified atom stereocenters. The minimum atomic E-state index is -0.505. The van der Waals surface area contributed by atoms with Gasteiger partial charge in [-0.1, -0.05) is 29.3 Å². The number of hydrogen-bond acceptors (Lipinski definition) is 3. The molecule has 0 saturated carbocycles. The predicted octanol–water partition coefficient (Wildman–Crippen LogP) is 4.47. The Morgan fingerprint density at radius 2 is 1.95 bits per heavy atom. The lowest BCUT2D eigenvalue weighted by atomic mass is 10.2. The molecular formula is C13H11Cl2FN2O. The van der Waals surface area contributed by atoms with Gasteiger partial charge in [0.1, 0.15) is 11.6 Å². The van der Waals surface area contributed by atoms with Crippen LogP contribution < -0.4 is 15.8 Å². The highest BCUT2D eigenvalue weighted by Crippen LogP contribution is 2.35. The van der Waals surface area contributed by atoms with Gasteiger partial charge in [0.05, 0.1) is 34.2 Å². The molecule has 0 radical (unpaired) electrons. The minimum absolute atomic E-state index is 0.204. The zero-order valence-corrected chi connectivity index (χ0v) is 11.5. The third kappa shape index (κ3) is 2.85. The molecular weight excluding hydrogens is 290 g/mol. The number of anilines is 3. The molecule has 19 heavy (non-hydrogen) atoms. The molecule has 0 aliphatic rings. The van der Waals surface area contributed by atoms with Crippen molar-refractivity contribution in [2.75, 3.05) is 18.2 Å². The van der Waals surface area contributed by atoms with E-state index in [1.165, 1.54) is 19.2 Å². The van der Waals surface area contributed by atoms with Crippen LogP contribution in [0.5, 0.6) is 5.75 Å². The van der Waals surface area contributed by atoms with E-state index in [-0.39, 0.29) is 11.4 Å². The summed E-state index contributed by atoms with van der Waals surface area (Å²) >= 11 is 11.9. The first-order valence-corrected chi connectivity index (χ1v) is 6.12. The van der Waals surface area contributed by atoms with Gasteiger partial charge in [-0.3, -0.25) is 0 Å². The predicted molar refractivity (Wildman–Crippen MR) is 77.1 cm³/mol. The maximum absolute atomic E-state index is 13.8. The van der Waals surface area contributed by atoms with Crippen LogP contribution in [-0.2, 0) is 0 Å². The van der Waals surface area contributed by atoms with Gasteiger partial charge in [0, 0.05) is 12.1 Å². The van der Waals surface area contributed by atoms with Crippen LogP contribution in [0.4, 0.5) is 21.5 Å². The number of ether oxygens (including phenoxy) is 1. The number of halogens is 3. The minimum Gasteiger partial charge on any atom is -0.495 e.